The minimum absolute atomic E-state index is 0.0560. The van der Waals surface area contributed by atoms with Gasteiger partial charge in [0.2, 0.25) is 5.91 Å². The number of methoxy groups -OCH3 is 2. The van der Waals surface area contributed by atoms with Crippen molar-refractivity contribution in [2.75, 3.05) is 38.8 Å². The number of carbonyl (C=O) groups excluding carboxylic acids is 1. The number of anilines is 1. The second-order valence-electron chi connectivity index (χ2n) is 8.40. The lowest BCUT2D eigenvalue weighted by atomic mass is 9.98. The molecule has 2 aromatic rings. The molecule has 1 amide bonds. The third-order valence-corrected chi connectivity index (χ3v) is 6.32. The van der Waals surface area contributed by atoms with Gasteiger partial charge in [-0.2, -0.15) is 5.10 Å². The molecule has 0 radical (unpaired) electrons. The molecule has 0 unspecified atom stereocenters. The van der Waals surface area contributed by atoms with E-state index in [0.717, 1.165) is 49.3 Å². The summed E-state index contributed by atoms with van der Waals surface area (Å²) in [6.45, 7) is 5.13. The second-order valence-corrected chi connectivity index (χ2v) is 8.40. The van der Waals surface area contributed by atoms with E-state index in [1.54, 1.807) is 25.2 Å². The first-order valence-electron chi connectivity index (χ1n) is 10.8. The van der Waals surface area contributed by atoms with Gasteiger partial charge in [-0.05, 0) is 54.5 Å². The molecule has 1 aromatic carbocycles. The van der Waals surface area contributed by atoms with E-state index >= 15 is 0 Å². The summed E-state index contributed by atoms with van der Waals surface area (Å²) in [7, 11) is 3.22. The van der Waals surface area contributed by atoms with Crippen molar-refractivity contribution < 1.29 is 14.3 Å². The zero-order valence-electron chi connectivity index (χ0n) is 18.5. The number of hydrogen-bond donors (Lipinski definition) is 0. The number of nitrogens with zero attached hydrogens (tertiary/aromatic N) is 4. The Labute approximate surface area is 182 Å². The molecule has 3 heterocycles. The quantitative estimate of drug-likeness (QED) is 0.729. The smallest absolute Gasteiger partial charge is 0.267 e. The van der Waals surface area contributed by atoms with Crippen LogP contribution in [0.3, 0.4) is 0 Å². The van der Waals surface area contributed by atoms with Gasteiger partial charge in [0.25, 0.3) is 5.56 Å². The van der Waals surface area contributed by atoms with Crippen molar-refractivity contribution in [1.29, 1.82) is 0 Å². The lowest BCUT2D eigenvalue weighted by Crippen LogP contribution is -2.41. The molecule has 31 heavy (non-hydrogen) atoms. The topological polar surface area (TPSA) is 76.9 Å². The summed E-state index contributed by atoms with van der Waals surface area (Å²) >= 11 is 0. The van der Waals surface area contributed by atoms with Crippen LogP contribution in [-0.2, 0) is 24.3 Å². The van der Waals surface area contributed by atoms with E-state index in [4.69, 9.17) is 9.47 Å². The van der Waals surface area contributed by atoms with Crippen LogP contribution in [0, 0.1) is 5.92 Å². The molecular formula is C23H30N4O4. The van der Waals surface area contributed by atoms with Crippen LogP contribution in [0.1, 0.15) is 30.9 Å². The highest BCUT2D eigenvalue weighted by atomic mass is 16.5. The first kappa shape index (κ1) is 21.2. The number of piperidine rings is 1. The molecule has 0 N–H and O–H groups in total. The predicted octanol–water partition coefficient (Wildman–Crippen LogP) is 2.08. The molecular weight excluding hydrogens is 396 g/mol. The van der Waals surface area contributed by atoms with E-state index in [1.807, 2.05) is 12.1 Å². The molecule has 0 spiro atoms. The van der Waals surface area contributed by atoms with Crippen LogP contribution in [0.2, 0.25) is 0 Å². The van der Waals surface area contributed by atoms with Crippen molar-refractivity contribution in [3.05, 3.63) is 45.7 Å². The lowest BCUT2D eigenvalue weighted by molar-refractivity contribution is -0.133. The SMILES string of the molecule is COc1cc2c(cc1OC)CN(C(=O)Cn1nc(N3CCC(C)CC3)ccc1=O)CC2. The van der Waals surface area contributed by atoms with Gasteiger partial charge in [-0.15, -0.1) is 0 Å². The van der Waals surface area contributed by atoms with Crippen molar-refractivity contribution in [2.24, 2.45) is 5.92 Å². The predicted molar refractivity (Wildman–Crippen MR) is 118 cm³/mol. The molecule has 0 aliphatic carbocycles. The number of benzene rings is 1. The Bertz CT molecular complexity index is 1010. The highest BCUT2D eigenvalue weighted by Crippen LogP contribution is 2.33. The number of hydrogen-bond acceptors (Lipinski definition) is 6. The molecule has 2 aliphatic heterocycles. The first-order valence-corrected chi connectivity index (χ1v) is 10.8. The number of rotatable bonds is 5. The molecule has 8 heteroatoms. The Morgan fingerprint density at radius 2 is 1.74 bits per heavy atom. The minimum atomic E-state index is -0.258. The molecule has 1 fully saturated rings. The molecule has 4 rings (SSSR count). The molecule has 1 aromatic heterocycles. The number of fused-ring (bicyclic) bond motifs is 1. The van der Waals surface area contributed by atoms with Crippen LogP contribution in [0.25, 0.3) is 0 Å². The van der Waals surface area contributed by atoms with Gasteiger partial charge >= 0.3 is 0 Å². The van der Waals surface area contributed by atoms with Crippen LogP contribution in [0.4, 0.5) is 5.82 Å². The molecule has 0 saturated carbocycles. The Morgan fingerprint density at radius 1 is 1.06 bits per heavy atom. The fourth-order valence-electron chi connectivity index (χ4n) is 4.28. The highest BCUT2D eigenvalue weighted by Gasteiger charge is 2.24. The molecule has 0 bridgehead atoms. The van der Waals surface area contributed by atoms with Gasteiger partial charge in [-0.1, -0.05) is 6.92 Å². The van der Waals surface area contributed by atoms with E-state index in [0.29, 0.717) is 30.5 Å². The van der Waals surface area contributed by atoms with Crippen LogP contribution < -0.4 is 19.9 Å². The maximum Gasteiger partial charge on any atom is 0.267 e. The summed E-state index contributed by atoms with van der Waals surface area (Å²) in [4.78, 5) is 29.3. The molecule has 166 valence electrons. The maximum absolute atomic E-state index is 13.0. The molecule has 1 saturated heterocycles. The van der Waals surface area contributed by atoms with E-state index < -0.39 is 0 Å². The fourth-order valence-corrected chi connectivity index (χ4v) is 4.28. The Morgan fingerprint density at radius 3 is 2.42 bits per heavy atom. The van der Waals surface area contributed by atoms with Crippen LogP contribution in [-0.4, -0.2) is 54.4 Å². The second kappa shape index (κ2) is 8.99. The van der Waals surface area contributed by atoms with Gasteiger partial charge in [0.15, 0.2) is 11.5 Å². The van der Waals surface area contributed by atoms with Crippen molar-refractivity contribution in [3.8, 4) is 11.5 Å². The van der Waals surface area contributed by atoms with Crippen molar-refractivity contribution >= 4 is 11.7 Å². The lowest BCUT2D eigenvalue weighted by Gasteiger charge is -2.31. The fraction of sp³-hybridized carbons (Fsp3) is 0.522. The number of amides is 1. The zero-order valence-corrected chi connectivity index (χ0v) is 18.5. The third kappa shape index (κ3) is 4.52. The molecule has 0 atom stereocenters. The van der Waals surface area contributed by atoms with Crippen molar-refractivity contribution in [2.45, 2.75) is 39.3 Å². The summed E-state index contributed by atoms with van der Waals surface area (Å²) in [6.07, 6.45) is 2.96. The molecule has 8 nitrogen and oxygen atoms in total. The Hall–Kier alpha value is -3.03. The van der Waals surface area contributed by atoms with Crippen LogP contribution >= 0.6 is 0 Å². The van der Waals surface area contributed by atoms with Gasteiger partial charge in [0.05, 0.1) is 14.2 Å². The first-order chi connectivity index (χ1) is 15.0. The summed E-state index contributed by atoms with van der Waals surface area (Å²) in [5, 5.41) is 4.50. The normalized spacial score (nSPS) is 16.7. The Kier molecular flexibility index (Phi) is 6.15. The number of aromatic nitrogens is 2. The monoisotopic (exact) mass is 426 g/mol. The summed E-state index contributed by atoms with van der Waals surface area (Å²) in [5.41, 5.74) is 1.93. The summed E-state index contributed by atoms with van der Waals surface area (Å²) in [6, 6.07) is 7.17. The summed E-state index contributed by atoms with van der Waals surface area (Å²) in [5.74, 6) is 2.71. The van der Waals surface area contributed by atoms with Gasteiger partial charge in [-0.25, -0.2) is 4.68 Å². The maximum atomic E-state index is 13.0. The van der Waals surface area contributed by atoms with Crippen molar-refractivity contribution in [3.63, 3.8) is 0 Å². The number of ether oxygens (including phenoxy) is 2. The molecule has 2 aliphatic rings. The van der Waals surface area contributed by atoms with E-state index in [-0.39, 0.29) is 18.0 Å². The van der Waals surface area contributed by atoms with Gasteiger partial charge in [0.1, 0.15) is 12.4 Å². The van der Waals surface area contributed by atoms with E-state index in [1.165, 1.54) is 10.7 Å². The third-order valence-electron chi connectivity index (χ3n) is 6.32. The van der Waals surface area contributed by atoms with E-state index in [2.05, 4.69) is 16.9 Å². The average molecular weight is 427 g/mol. The average Bonchev–Trinajstić information content (AvgIpc) is 2.79. The van der Waals surface area contributed by atoms with Crippen LogP contribution in [0.5, 0.6) is 11.5 Å². The zero-order chi connectivity index (χ0) is 22.0. The van der Waals surface area contributed by atoms with Gasteiger partial charge in [0, 0.05) is 32.2 Å². The van der Waals surface area contributed by atoms with Crippen LogP contribution in [0.15, 0.2) is 29.1 Å². The van der Waals surface area contributed by atoms with Gasteiger partial charge < -0.3 is 19.3 Å². The van der Waals surface area contributed by atoms with E-state index in [9.17, 15) is 9.59 Å². The number of carbonyl (C=O) groups is 1. The van der Waals surface area contributed by atoms with Crippen molar-refractivity contribution in [1.82, 2.24) is 14.7 Å². The standard InChI is InChI=1S/C23H30N4O4/c1-16-6-9-25(10-7-16)21-4-5-22(28)27(24-21)15-23(29)26-11-8-17-12-19(30-2)20(31-3)13-18(17)14-26/h4-5,12-13,16H,6-11,14-15H2,1-3H3. The largest absolute Gasteiger partial charge is 0.493 e. The highest BCUT2D eigenvalue weighted by molar-refractivity contribution is 5.76. The minimum Gasteiger partial charge on any atom is -0.493 e. The summed E-state index contributed by atoms with van der Waals surface area (Å²) < 4.78 is 12.1. The van der Waals surface area contributed by atoms with Gasteiger partial charge in [-0.3, -0.25) is 9.59 Å². The Balaban J connectivity index is 1.48.